The first-order valence-electron chi connectivity index (χ1n) is 8.80. The predicted molar refractivity (Wildman–Crippen MR) is 102 cm³/mol. The van der Waals surface area contributed by atoms with Crippen molar-refractivity contribution >= 4 is 18.0 Å². The molecule has 136 valence electrons. The Morgan fingerprint density at radius 1 is 1.15 bits per heavy atom. The number of benzene rings is 1. The summed E-state index contributed by atoms with van der Waals surface area (Å²) in [7, 11) is 0. The number of nitrogens with one attached hydrogen (secondary N) is 1. The lowest BCUT2D eigenvalue weighted by atomic mass is 9.92. The van der Waals surface area contributed by atoms with Crippen LogP contribution in [0.3, 0.4) is 0 Å². The minimum Gasteiger partial charge on any atom is -0.381 e. The molecule has 1 aromatic carbocycles. The number of alkyl halides is 1. The second-order valence-corrected chi connectivity index (χ2v) is 7.24. The smallest absolute Gasteiger partial charge is 0.135 e. The van der Waals surface area contributed by atoms with Gasteiger partial charge in [0.05, 0.1) is 25.3 Å². The molecule has 2 aliphatic heterocycles. The SMILES string of the molecule is N#Cc1c(N2CC(F)C2)[nH]c(=S)c(C#N)c1-c1ccc([C@H]2CCOC2)cc1. The van der Waals surface area contributed by atoms with Gasteiger partial charge >= 0.3 is 0 Å². The Morgan fingerprint density at radius 3 is 2.41 bits per heavy atom. The zero-order valence-electron chi connectivity index (χ0n) is 14.5. The van der Waals surface area contributed by atoms with Crippen LogP contribution in [0, 0.1) is 27.3 Å². The van der Waals surface area contributed by atoms with E-state index in [1.54, 1.807) is 4.90 Å². The van der Waals surface area contributed by atoms with E-state index in [0.717, 1.165) is 18.6 Å². The molecule has 2 aliphatic rings. The zero-order valence-corrected chi connectivity index (χ0v) is 15.4. The fourth-order valence-electron chi connectivity index (χ4n) is 3.66. The van der Waals surface area contributed by atoms with E-state index >= 15 is 0 Å². The molecule has 7 heteroatoms. The van der Waals surface area contributed by atoms with Crippen LogP contribution in [0.15, 0.2) is 24.3 Å². The normalized spacial score (nSPS) is 19.4. The Kier molecular flexibility index (Phi) is 4.65. The van der Waals surface area contributed by atoms with Crippen molar-refractivity contribution in [3.05, 3.63) is 45.6 Å². The Labute approximate surface area is 161 Å². The number of aromatic nitrogens is 1. The molecule has 2 aromatic rings. The van der Waals surface area contributed by atoms with Crippen molar-refractivity contribution in [1.29, 1.82) is 10.5 Å². The number of nitriles is 2. The minimum absolute atomic E-state index is 0.214. The molecule has 0 bridgehead atoms. The number of aromatic amines is 1. The van der Waals surface area contributed by atoms with Gasteiger partial charge in [-0.05, 0) is 17.5 Å². The summed E-state index contributed by atoms with van der Waals surface area (Å²) in [5.41, 5.74) is 3.03. The van der Waals surface area contributed by atoms with E-state index < -0.39 is 6.17 Å². The molecule has 5 nitrogen and oxygen atoms in total. The predicted octanol–water partition coefficient (Wildman–Crippen LogP) is 3.82. The van der Waals surface area contributed by atoms with Crippen LogP contribution in [-0.4, -0.2) is 37.5 Å². The van der Waals surface area contributed by atoms with Crippen molar-refractivity contribution in [2.45, 2.75) is 18.5 Å². The highest BCUT2D eigenvalue weighted by atomic mass is 32.1. The second kappa shape index (κ2) is 7.11. The van der Waals surface area contributed by atoms with Crippen LogP contribution in [0.1, 0.15) is 29.0 Å². The Bertz CT molecular complexity index is 1010. The quantitative estimate of drug-likeness (QED) is 0.820. The first-order valence-corrected chi connectivity index (χ1v) is 9.20. The van der Waals surface area contributed by atoms with E-state index in [4.69, 9.17) is 17.0 Å². The number of halogens is 1. The van der Waals surface area contributed by atoms with Gasteiger partial charge in [0.1, 0.15) is 34.3 Å². The first kappa shape index (κ1) is 17.7. The molecule has 0 aliphatic carbocycles. The van der Waals surface area contributed by atoms with Crippen LogP contribution < -0.4 is 4.90 Å². The van der Waals surface area contributed by atoms with E-state index in [9.17, 15) is 14.9 Å². The van der Waals surface area contributed by atoms with Gasteiger partial charge < -0.3 is 14.6 Å². The first-order chi connectivity index (χ1) is 13.1. The number of nitrogens with zero attached hydrogens (tertiary/aromatic N) is 3. The van der Waals surface area contributed by atoms with Gasteiger partial charge in [-0.25, -0.2) is 4.39 Å². The molecule has 0 unspecified atom stereocenters. The summed E-state index contributed by atoms with van der Waals surface area (Å²) in [5, 5.41) is 19.4. The summed E-state index contributed by atoms with van der Waals surface area (Å²) < 4.78 is 19.0. The summed E-state index contributed by atoms with van der Waals surface area (Å²) in [5.74, 6) is 0.861. The van der Waals surface area contributed by atoms with Crippen LogP contribution in [0.25, 0.3) is 11.1 Å². The summed E-state index contributed by atoms with van der Waals surface area (Å²) >= 11 is 5.34. The van der Waals surface area contributed by atoms with Crippen LogP contribution >= 0.6 is 12.2 Å². The van der Waals surface area contributed by atoms with E-state index in [-0.39, 0.29) is 23.3 Å². The van der Waals surface area contributed by atoms with Gasteiger partial charge in [0.2, 0.25) is 0 Å². The molecular weight excluding hydrogens is 363 g/mol. The summed E-state index contributed by atoms with van der Waals surface area (Å²) in [4.78, 5) is 4.69. The van der Waals surface area contributed by atoms with E-state index in [1.165, 1.54) is 5.56 Å². The van der Waals surface area contributed by atoms with Gasteiger partial charge in [-0.3, -0.25) is 0 Å². The molecule has 0 amide bonds. The van der Waals surface area contributed by atoms with Crippen molar-refractivity contribution in [3.63, 3.8) is 0 Å². The summed E-state index contributed by atoms with van der Waals surface area (Å²) in [6.45, 7) is 1.91. The lowest BCUT2D eigenvalue weighted by Gasteiger charge is -2.36. The van der Waals surface area contributed by atoms with Crippen LogP contribution in [0.4, 0.5) is 10.2 Å². The van der Waals surface area contributed by atoms with Gasteiger partial charge in [-0.1, -0.05) is 36.5 Å². The van der Waals surface area contributed by atoms with Gasteiger partial charge in [0, 0.05) is 18.1 Å². The van der Waals surface area contributed by atoms with Crippen LogP contribution in [0.5, 0.6) is 0 Å². The maximum atomic E-state index is 13.3. The molecule has 2 saturated heterocycles. The lowest BCUT2D eigenvalue weighted by Crippen LogP contribution is -2.49. The third-order valence-electron chi connectivity index (χ3n) is 5.17. The molecule has 2 fully saturated rings. The molecule has 0 saturated carbocycles. The zero-order chi connectivity index (χ0) is 19.0. The average molecular weight is 380 g/mol. The van der Waals surface area contributed by atoms with E-state index in [0.29, 0.717) is 29.5 Å². The van der Waals surface area contributed by atoms with Crippen molar-refractivity contribution in [1.82, 2.24) is 4.98 Å². The van der Waals surface area contributed by atoms with E-state index in [1.807, 2.05) is 24.3 Å². The molecule has 1 atom stereocenters. The minimum atomic E-state index is -0.912. The monoisotopic (exact) mass is 380 g/mol. The highest BCUT2D eigenvalue weighted by molar-refractivity contribution is 7.71. The lowest BCUT2D eigenvalue weighted by molar-refractivity contribution is 0.194. The molecule has 0 radical (unpaired) electrons. The number of rotatable bonds is 3. The summed E-state index contributed by atoms with van der Waals surface area (Å²) in [6.07, 6.45) is 0.0809. The maximum Gasteiger partial charge on any atom is 0.135 e. The Morgan fingerprint density at radius 2 is 1.85 bits per heavy atom. The molecule has 1 aromatic heterocycles. The number of H-pyrrole nitrogens is 1. The molecule has 27 heavy (non-hydrogen) atoms. The van der Waals surface area contributed by atoms with Crippen molar-refractivity contribution in [3.8, 4) is 23.3 Å². The average Bonchev–Trinajstić information content (AvgIpc) is 3.19. The fourth-order valence-corrected chi connectivity index (χ4v) is 3.90. The molecular formula is C20H17FN4OS. The Hall–Kier alpha value is -2.74. The Balaban J connectivity index is 1.82. The van der Waals surface area contributed by atoms with Crippen LogP contribution in [0.2, 0.25) is 0 Å². The fraction of sp³-hybridized carbons (Fsp3) is 0.350. The molecule has 3 heterocycles. The highest BCUT2D eigenvalue weighted by Crippen LogP contribution is 2.36. The second-order valence-electron chi connectivity index (χ2n) is 6.84. The highest BCUT2D eigenvalue weighted by Gasteiger charge is 2.31. The molecule has 4 rings (SSSR count). The number of pyridine rings is 1. The number of anilines is 1. The summed E-state index contributed by atoms with van der Waals surface area (Å²) in [6, 6.07) is 12.2. The molecule has 0 spiro atoms. The number of ether oxygens (including phenoxy) is 1. The molecule has 1 N–H and O–H groups in total. The van der Waals surface area contributed by atoms with Gasteiger partial charge in [-0.15, -0.1) is 0 Å². The number of hydrogen-bond donors (Lipinski definition) is 1. The van der Waals surface area contributed by atoms with Gasteiger partial charge in [0.15, 0.2) is 0 Å². The van der Waals surface area contributed by atoms with Crippen molar-refractivity contribution in [2.24, 2.45) is 0 Å². The largest absolute Gasteiger partial charge is 0.381 e. The standard InChI is InChI=1S/C20H17FN4OS/c21-15-9-25(10-15)19-16(7-22)18(17(8-23)20(27)24-19)13-3-1-12(2-4-13)14-5-6-26-11-14/h1-4,14-15H,5-6,9-11H2,(H,24,27)/t14-/m0/s1. The van der Waals surface area contributed by atoms with Gasteiger partial charge in [-0.2, -0.15) is 10.5 Å². The third kappa shape index (κ3) is 3.10. The van der Waals surface area contributed by atoms with Crippen molar-refractivity contribution in [2.75, 3.05) is 31.2 Å². The van der Waals surface area contributed by atoms with Crippen LogP contribution in [-0.2, 0) is 4.74 Å². The number of hydrogen-bond acceptors (Lipinski definition) is 5. The topological polar surface area (TPSA) is 75.8 Å². The third-order valence-corrected chi connectivity index (χ3v) is 5.48. The van der Waals surface area contributed by atoms with Crippen molar-refractivity contribution < 1.29 is 9.13 Å². The maximum absolute atomic E-state index is 13.3. The van der Waals surface area contributed by atoms with E-state index in [2.05, 4.69) is 17.1 Å². The van der Waals surface area contributed by atoms with Gasteiger partial charge in [0.25, 0.3) is 0 Å².